The summed E-state index contributed by atoms with van der Waals surface area (Å²) in [7, 11) is 2.10. The third kappa shape index (κ3) is 7.17. The summed E-state index contributed by atoms with van der Waals surface area (Å²) >= 11 is 0. The molecule has 196 valence electrons. The average Bonchev–Trinajstić information content (AvgIpc) is 2.87. The van der Waals surface area contributed by atoms with E-state index in [2.05, 4.69) is 27.3 Å². The smallest absolute Gasteiger partial charge is 0.411 e. The number of hydrogen-bond acceptors (Lipinski definition) is 6. The Morgan fingerprint density at radius 1 is 1.05 bits per heavy atom. The van der Waals surface area contributed by atoms with Crippen molar-refractivity contribution in [2.75, 3.05) is 51.7 Å². The van der Waals surface area contributed by atoms with Gasteiger partial charge in [0.2, 0.25) is 5.43 Å². The zero-order valence-corrected chi connectivity index (χ0v) is 20.4. The molecule has 2 aromatic carbocycles. The topological polar surface area (TPSA) is 79.7 Å². The standard InChI is InChI=1S/C26H28F3N5O3/c1-32-9-11-33(12-10-32)7-3-13-37-26(36)30-19-5-2-4-18(14-19)15-23-24(35)6-8-34(31-23)20-16-21(27)25(29)22(28)17-20/h2,4-6,8,14,16-17H,3,7,9-13,15H2,1H3,(H,30,36). The highest BCUT2D eigenvalue weighted by Gasteiger charge is 2.15. The Morgan fingerprint density at radius 2 is 1.78 bits per heavy atom. The van der Waals surface area contributed by atoms with Crippen molar-refractivity contribution in [1.29, 1.82) is 0 Å². The fourth-order valence-electron chi connectivity index (χ4n) is 4.02. The van der Waals surface area contributed by atoms with E-state index in [1.807, 2.05) is 0 Å². The first-order chi connectivity index (χ1) is 17.8. The van der Waals surface area contributed by atoms with Crippen LogP contribution in [0.15, 0.2) is 53.5 Å². The molecule has 3 aromatic rings. The van der Waals surface area contributed by atoms with Crippen molar-refractivity contribution in [3.8, 4) is 5.69 Å². The summed E-state index contributed by atoms with van der Waals surface area (Å²) in [6.07, 6.45) is 1.51. The maximum Gasteiger partial charge on any atom is 0.411 e. The molecule has 0 atom stereocenters. The first kappa shape index (κ1) is 26.4. The molecular formula is C26H28F3N5O3. The molecule has 1 amide bonds. The number of aromatic nitrogens is 2. The van der Waals surface area contributed by atoms with Crippen LogP contribution in [0.1, 0.15) is 17.7 Å². The lowest BCUT2D eigenvalue weighted by molar-refractivity contribution is 0.130. The SMILES string of the molecule is CN1CCN(CCCOC(=O)Nc2cccc(Cc3nn(-c4cc(F)c(F)c(F)c4)ccc3=O)c2)CC1. The van der Waals surface area contributed by atoms with Gasteiger partial charge in [-0.15, -0.1) is 0 Å². The molecule has 0 aliphatic carbocycles. The van der Waals surface area contributed by atoms with Gasteiger partial charge in [0.25, 0.3) is 0 Å². The molecule has 1 aromatic heterocycles. The van der Waals surface area contributed by atoms with E-state index < -0.39 is 23.5 Å². The summed E-state index contributed by atoms with van der Waals surface area (Å²) in [6, 6.07) is 9.63. The van der Waals surface area contributed by atoms with E-state index in [4.69, 9.17) is 4.74 Å². The van der Waals surface area contributed by atoms with Gasteiger partial charge in [-0.1, -0.05) is 12.1 Å². The Balaban J connectivity index is 1.34. The third-order valence-corrected chi connectivity index (χ3v) is 6.11. The van der Waals surface area contributed by atoms with Gasteiger partial charge >= 0.3 is 6.09 Å². The van der Waals surface area contributed by atoms with E-state index in [9.17, 15) is 22.8 Å². The Labute approximate surface area is 212 Å². The normalized spacial score (nSPS) is 14.5. The fraction of sp³-hybridized carbons (Fsp3) is 0.346. The summed E-state index contributed by atoms with van der Waals surface area (Å²) in [5.74, 6) is -4.30. The van der Waals surface area contributed by atoms with Crippen LogP contribution in [0.4, 0.5) is 23.7 Å². The molecule has 37 heavy (non-hydrogen) atoms. The van der Waals surface area contributed by atoms with Crippen molar-refractivity contribution in [3.63, 3.8) is 0 Å². The summed E-state index contributed by atoms with van der Waals surface area (Å²) in [5.41, 5.74) is 0.823. The Morgan fingerprint density at radius 3 is 2.51 bits per heavy atom. The molecule has 1 fully saturated rings. The van der Waals surface area contributed by atoms with Crippen molar-refractivity contribution in [3.05, 3.63) is 87.6 Å². The first-order valence-electron chi connectivity index (χ1n) is 12.0. The van der Waals surface area contributed by atoms with Crippen LogP contribution in [0.2, 0.25) is 0 Å². The number of benzene rings is 2. The predicted octanol–water partition coefficient (Wildman–Crippen LogP) is 3.43. The molecule has 0 bridgehead atoms. The molecule has 0 unspecified atom stereocenters. The van der Waals surface area contributed by atoms with Gasteiger partial charge in [0, 0.05) is 69.2 Å². The lowest BCUT2D eigenvalue weighted by atomic mass is 10.1. The Kier molecular flexibility index (Phi) is 8.57. The lowest BCUT2D eigenvalue weighted by Gasteiger charge is -2.32. The minimum atomic E-state index is -1.58. The molecule has 0 spiro atoms. The second-order valence-corrected chi connectivity index (χ2v) is 8.93. The van der Waals surface area contributed by atoms with Gasteiger partial charge in [0.15, 0.2) is 17.5 Å². The number of carbonyl (C=O) groups excluding carboxylic acids is 1. The highest BCUT2D eigenvalue weighted by Crippen LogP contribution is 2.17. The van der Waals surface area contributed by atoms with E-state index in [1.54, 1.807) is 24.3 Å². The second-order valence-electron chi connectivity index (χ2n) is 8.93. The van der Waals surface area contributed by atoms with Crippen LogP contribution in [0.3, 0.4) is 0 Å². The van der Waals surface area contributed by atoms with Crippen LogP contribution in [0, 0.1) is 17.5 Å². The number of rotatable bonds is 8. The van der Waals surface area contributed by atoms with Gasteiger partial charge in [0.1, 0.15) is 5.69 Å². The van der Waals surface area contributed by atoms with Gasteiger partial charge in [-0.05, 0) is 31.2 Å². The van der Waals surface area contributed by atoms with E-state index in [0.29, 0.717) is 17.9 Å². The Hall–Kier alpha value is -3.70. The van der Waals surface area contributed by atoms with Crippen molar-refractivity contribution in [2.45, 2.75) is 12.8 Å². The number of carbonyl (C=O) groups is 1. The van der Waals surface area contributed by atoms with Crippen molar-refractivity contribution in [2.24, 2.45) is 0 Å². The van der Waals surface area contributed by atoms with Gasteiger partial charge in [-0.2, -0.15) is 5.10 Å². The lowest BCUT2D eigenvalue weighted by Crippen LogP contribution is -2.44. The monoisotopic (exact) mass is 515 g/mol. The van der Waals surface area contributed by atoms with Crippen LogP contribution in [0.25, 0.3) is 5.69 Å². The first-order valence-corrected chi connectivity index (χ1v) is 12.0. The zero-order valence-electron chi connectivity index (χ0n) is 20.4. The quantitative estimate of drug-likeness (QED) is 0.366. The molecule has 11 heteroatoms. The maximum atomic E-state index is 13.6. The number of ether oxygens (including phenoxy) is 1. The number of halogens is 3. The number of likely N-dealkylation sites (N-methyl/N-ethyl adjacent to an activating group) is 1. The zero-order chi connectivity index (χ0) is 26.4. The van der Waals surface area contributed by atoms with Crippen LogP contribution in [-0.2, 0) is 11.2 Å². The number of hydrogen-bond donors (Lipinski definition) is 1. The molecule has 0 saturated carbocycles. The summed E-state index contributed by atoms with van der Waals surface area (Å²) in [5, 5.41) is 6.84. The Bertz CT molecular complexity index is 1290. The molecule has 1 N–H and O–H groups in total. The highest BCUT2D eigenvalue weighted by atomic mass is 19.2. The van der Waals surface area contributed by atoms with Crippen LogP contribution < -0.4 is 10.7 Å². The van der Waals surface area contributed by atoms with Crippen LogP contribution >= 0.6 is 0 Å². The summed E-state index contributed by atoms with van der Waals surface area (Å²) in [4.78, 5) is 29.2. The van der Waals surface area contributed by atoms with Crippen molar-refractivity contribution in [1.82, 2.24) is 19.6 Å². The van der Waals surface area contributed by atoms with Crippen molar-refractivity contribution >= 4 is 11.8 Å². The third-order valence-electron chi connectivity index (χ3n) is 6.11. The molecule has 1 saturated heterocycles. The predicted molar refractivity (Wildman–Crippen MR) is 132 cm³/mol. The van der Waals surface area contributed by atoms with E-state index in [0.717, 1.165) is 56.0 Å². The van der Waals surface area contributed by atoms with E-state index in [-0.39, 0.29) is 23.2 Å². The molecular weight excluding hydrogens is 487 g/mol. The van der Waals surface area contributed by atoms with Crippen molar-refractivity contribution < 1.29 is 22.7 Å². The minimum Gasteiger partial charge on any atom is -0.449 e. The van der Waals surface area contributed by atoms with Gasteiger partial charge in [0.05, 0.1) is 12.3 Å². The van der Waals surface area contributed by atoms with E-state index in [1.165, 1.54) is 12.3 Å². The molecule has 1 aliphatic heterocycles. The highest BCUT2D eigenvalue weighted by molar-refractivity contribution is 5.84. The molecule has 2 heterocycles. The summed E-state index contributed by atoms with van der Waals surface area (Å²) < 4.78 is 46.9. The summed E-state index contributed by atoms with van der Waals surface area (Å²) in [6.45, 7) is 5.26. The number of anilines is 1. The van der Waals surface area contributed by atoms with Gasteiger partial charge < -0.3 is 14.5 Å². The molecule has 8 nitrogen and oxygen atoms in total. The number of amides is 1. The van der Waals surface area contributed by atoms with Gasteiger partial charge in [-0.25, -0.2) is 22.6 Å². The minimum absolute atomic E-state index is 0.0663. The largest absolute Gasteiger partial charge is 0.449 e. The van der Waals surface area contributed by atoms with E-state index >= 15 is 0 Å². The molecule has 4 rings (SSSR count). The molecule has 1 aliphatic rings. The maximum absolute atomic E-state index is 13.6. The average molecular weight is 516 g/mol. The fourth-order valence-corrected chi connectivity index (χ4v) is 4.02. The number of nitrogens with one attached hydrogen (secondary N) is 1. The number of nitrogens with zero attached hydrogens (tertiary/aromatic N) is 4. The van der Waals surface area contributed by atoms with Crippen LogP contribution in [0.5, 0.6) is 0 Å². The van der Waals surface area contributed by atoms with Crippen LogP contribution in [-0.4, -0.2) is 72.1 Å². The number of piperazine rings is 1. The van der Waals surface area contributed by atoms with Gasteiger partial charge in [-0.3, -0.25) is 10.1 Å². The molecule has 0 radical (unpaired) electrons. The second kappa shape index (κ2) is 12.0.